The molecule has 1 N–H and O–H groups in total. The largest absolute Gasteiger partial charge is 0.349 e. The molecule has 0 spiro atoms. The number of hydrogen-bond donors (Lipinski definition) is 1. The summed E-state index contributed by atoms with van der Waals surface area (Å²) in [5.41, 5.74) is 1.85. The van der Waals surface area contributed by atoms with Gasteiger partial charge in [-0.25, -0.2) is 8.42 Å². The Morgan fingerprint density at radius 3 is 2.09 bits per heavy atom. The molecule has 1 saturated heterocycles. The summed E-state index contributed by atoms with van der Waals surface area (Å²) in [4.78, 5) is 20.8. The maximum absolute atomic E-state index is 13.7. The molecule has 0 atom stereocenters. The van der Waals surface area contributed by atoms with Crippen molar-refractivity contribution in [1.29, 1.82) is 0 Å². The van der Waals surface area contributed by atoms with Gasteiger partial charge in [0.1, 0.15) is 10.6 Å². The standard InChI is InChI=1S/C26H23Cl2N3O3S/c27-19-7-5-18(6-8-19)17-30-13-15-31(16-14-30)26(32)24-25(22-3-1-2-4-23(22)29-24)35(33,34)21-11-9-20(28)10-12-21/h1-12,29H,13-17H2. The predicted molar refractivity (Wildman–Crippen MR) is 138 cm³/mol. The van der Waals surface area contributed by atoms with Crippen LogP contribution in [0.4, 0.5) is 0 Å². The highest BCUT2D eigenvalue weighted by Gasteiger charge is 2.32. The molecule has 1 amide bonds. The number of para-hydroxylation sites is 1. The van der Waals surface area contributed by atoms with Gasteiger partial charge in [0, 0.05) is 53.7 Å². The molecule has 9 heteroatoms. The molecule has 2 heterocycles. The van der Waals surface area contributed by atoms with Crippen molar-refractivity contribution < 1.29 is 13.2 Å². The van der Waals surface area contributed by atoms with Gasteiger partial charge in [-0.3, -0.25) is 9.69 Å². The van der Waals surface area contributed by atoms with E-state index >= 15 is 0 Å². The fourth-order valence-corrected chi connectivity index (χ4v) is 6.25. The molecule has 1 aliphatic heterocycles. The van der Waals surface area contributed by atoms with E-state index in [4.69, 9.17) is 23.2 Å². The number of aromatic amines is 1. The molecule has 35 heavy (non-hydrogen) atoms. The summed E-state index contributed by atoms with van der Waals surface area (Å²) in [5, 5.41) is 1.63. The lowest BCUT2D eigenvalue weighted by Gasteiger charge is -2.34. The summed E-state index contributed by atoms with van der Waals surface area (Å²) < 4.78 is 27.3. The van der Waals surface area contributed by atoms with Gasteiger partial charge in [0.25, 0.3) is 5.91 Å². The molecule has 5 rings (SSSR count). The molecule has 0 bridgehead atoms. The molecule has 0 radical (unpaired) electrons. The van der Waals surface area contributed by atoms with Crippen LogP contribution in [0, 0.1) is 0 Å². The lowest BCUT2D eigenvalue weighted by Crippen LogP contribution is -2.48. The summed E-state index contributed by atoms with van der Waals surface area (Å²) in [6, 6.07) is 20.8. The van der Waals surface area contributed by atoms with Gasteiger partial charge in [-0.2, -0.15) is 0 Å². The second-order valence-corrected chi connectivity index (χ2v) is 11.3. The normalized spacial score (nSPS) is 15.0. The number of amides is 1. The van der Waals surface area contributed by atoms with Crippen molar-refractivity contribution in [3.05, 3.63) is 94.1 Å². The zero-order valence-corrected chi connectivity index (χ0v) is 21.1. The summed E-state index contributed by atoms with van der Waals surface area (Å²) in [6.07, 6.45) is 0. The zero-order chi connectivity index (χ0) is 24.6. The highest BCUT2D eigenvalue weighted by atomic mass is 35.5. The van der Waals surface area contributed by atoms with Crippen LogP contribution >= 0.6 is 23.2 Å². The van der Waals surface area contributed by atoms with Crippen LogP contribution in [0.3, 0.4) is 0 Å². The number of benzene rings is 3. The molecular weight excluding hydrogens is 505 g/mol. The van der Waals surface area contributed by atoms with Crippen molar-refractivity contribution >= 4 is 49.8 Å². The first-order valence-electron chi connectivity index (χ1n) is 11.2. The van der Waals surface area contributed by atoms with E-state index in [-0.39, 0.29) is 21.4 Å². The van der Waals surface area contributed by atoms with Crippen molar-refractivity contribution in [3.63, 3.8) is 0 Å². The van der Waals surface area contributed by atoms with E-state index < -0.39 is 9.84 Å². The van der Waals surface area contributed by atoms with Crippen molar-refractivity contribution in [2.45, 2.75) is 16.3 Å². The van der Waals surface area contributed by atoms with Gasteiger partial charge in [-0.15, -0.1) is 0 Å². The second-order valence-electron chi connectivity index (χ2n) is 8.53. The fourth-order valence-electron chi connectivity index (χ4n) is 4.39. The smallest absolute Gasteiger partial charge is 0.271 e. The minimum atomic E-state index is -3.97. The Balaban J connectivity index is 1.42. The molecule has 6 nitrogen and oxygen atoms in total. The molecule has 4 aromatic rings. The number of sulfone groups is 1. The number of carbonyl (C=O) groups is 1. The third-order valence-corrected chi connectivity index (χ3v) is 8.60. The molecule has 1 fully saturated rings. The number of carbonyl (C=O) groups excluding carboxylic acids is 1. The Bertz CT molecular complexity index is 1470. The minimum Gasteiger partial charge on any atom is -0.349 e. The first-order chi connectivity index (χ1) is 16.8. The van der Waals surface area contributed by atoms with E-state index in [1.54, 1.807) is 29.2 Å². The number of hydrogen-bond acceptors (Lipinski definition) is 4. The molecular formula is C26H23Cl2N3O3S. The molecule has 3 aromatic carbocycles. The highest BCUT2D eigenvalue weighted by molar-refractivity contribution is 7.91. The Labute approximate surface area is 214 Å². The van der Waals surface area contributed by atoms with Gasteiger partial charge in [0.2, 0.25) is 9.84 Å². The SMILES string of the molecule is O=C(c1[nH]c2ccccc2c1S(=O)(=O)c1ccc(Cl)cc1)N1CCN(Cc2ccc(Cl)cc2)CC1. The lowest BCUT2D eigenvalue weighted by atomic mass is 10.2. The van der Waals surface area contributed by atoms with Gasteiger partial charge in [-0.1, -0.05) is 53.5 Å². The van der Waals surface area contributed by atoms with Crippen LogP contribution in [0.2, 0.25) is 10.0 Å². The van der Waals surface area contributed by atoms with E-state index in [9.17, 15) is 13.2 Å². The number of halogens is 2. The van der Waals surface area contributed by atoms with Crippen LogP contribution in [-0.4, -0.2) is 55.3 Å². The summed E-state index contributed by atoms with van der Waals surface area (Å²) in [6.45, 7) is 3.15. The van der Waals surface area contributed by atoms with Gasteiger partial charge in [0.15, 0.2) is 0 Å². The Kier molecular flexibility index (Phi) is 6.59. The van der Waals surface area contributed by atoms with Crippen LogP contribution in [0.1, 0.15) is 16.1 Å². The van der Waals surface area contributed by atoms with Gasteiger partial charge in [-0.05, 0) is 48.0 Å². The molecule has 0 aliphatic carbocycles. The monoisotopic (exact) mass is 527 g/mol. The van der Waals surface area contributed by atoms with Gasteiger partial charge >= 0.3 is 0 Å². The number of H-pyrrole nitrogens is 1. The Morgan fingerprint density at radius 1 is 0.829 bits per heavy atom. The van der Waals surface area contributed by atoms with Crippen molar-refractivity contribution in [2.24, 2.45) is 0 Å². The quantitative estimate of drug-likeness (QED) is 0.383. The summed E-state index contributed by atoms with van der Waals surface area (Å²) in [7, 11) is -3.97. The first kappa shape index (κ1) is 23.9. The number of nitrogens with zero attached hydrogens (tertiary/aromatic N) is 2. The lowest BCUT2D eigenvalue weighted by molar-refractivity contribution is 0.0620. The van der Waals surface area contributed by atoms with E-state index in [2.05, 4.69) is 9.88 Å². The summed E-state index contributed by atoms with van der Waals surface area (Å²) >= 11 is 11.9. The van der Waals surface area contributed by atoms with Gasteiger partial charge in [0.05, 0.1) is 4.90 Å². The average Bonchev–Trinajstić information content (AvgIpc) is 3.26. The maximum Gasteiger partial charge on any atom is 0.271 e. The Morgan fingerprint density at radius 2 is 1.43 bits per heavy atom. The van der Waals surface area contributed by atoms with Crippen molar-refractivity contribution in [3.8, 4) is 0 Å². The number of aromatic nitrogens is 1. The number of nitrogens with one attached hydrogen (secondary N) is 1. The highest BCUT2D eigenvalue weighted by Crippen LogP contribution is 2.33. The third-order valence-electron chi connectivity index (χ3n) is 6.24. The van der Waals surface area contributed by atoms with Crippen molar-refractivity contribution in [2.75, 3.05) is 26.2 Å². The first-order valence-corrected chi connectivity index (χ1v) is 13.4. The van der Waals surface area contributed by atoms with E-state index in [1.807, 2.05) is 24.3 Å². The van der Waals surface area contributed by atoms with E-state index in [0.29, 0.717) is 47.1 Å². The fraction of sp³-hybridized carbons (Fsp3) is 0.192. The molecule has 180 valence electrons. The van der Waals surface area contributed by atoms with E-state index in [1.165, 1.54) is 24.3 Å². The van der Waals surface area contributed by atoms with Crippen molar-refractivity contribution in [1.82, 2.24) is 14.8 Å². The Hall–Kier alpha value is -2.84. The molecule has 0 unspecified atom stereocenters. The number of fused-ring (bicyclic) bond motifs is 1. The van der Waals surface area contributed by atoms with Crippen LogP contribution in [0.15, 0.2) is 82.6 Å². The average molecular weight is 528 g/mol. The number of rotatable bonds is 5. The summed E-state index contributed by atoms with van der Waals surface area (Å²) in [5.74, 6) is -0.320. The van der Waals surface area contributed by atoms with E-state index in [0.717, 1.165) is 12.1 Å². The maximum atomic E-state index is 13.7. The second kappa shape index (κ2) is 9.66. The topological polar surface area (TPSA) is 73.5 Å². The zero-order valence-electron chi connectivity index (χ0n) is 18.7. The third kappa shape index (κ3) is 4.82. The van der Waals surface area contributed by atoms with Crippen LogP contribution < -0.4 is 0 Å². The number of piperazine rings is 1. The predicted octanol–water partition coefficient (Wildman–Crippen LogP) is 5.27. The van der Waals surface area contributed by atoms with Crippen LogP contribution in [0.5, 0.6) is 0 Å². The molecule has 1 aromatic heterocycles. The molecule has 1 aliphatic rings. The minimum absolute atomic E-state index is 0.00372. The van der Waals surface area contributed by atoms with Crippen LogP contribution in [0.25, 0.3) is 10.9 Å². The van der Waals surface area contributed by atoms with Gasteiger partial charge < -0.3 is 9.88 Å². The van der Waals surface area contributed by atoms with Crippen LogP contribution in [-0.2, 0) is 16.4 Å². The molecule has 0 saturated carbocycles.